The van der Waals surface area contributed by atoms with Crippen molar-refractivity contribution in [2.45, 2.75) is 13.5 Å². The number of likely N-dealkylation sites (N-methyl/N-ethyl adjacent to an activating group) is 1. The van der Waals surface area contributed by atoms with Crippen LogP contribution >= 0.6 is 0 Å². The van der Waals surface area contributed by atoms with Crippen molar-refractivity contribution in [1.82, 2.24) is 25.0 Å². The van der Waals surface area contributed by atoms with Crippen LogP contribution in [0.3, 0.4) is 0 Å². The van der Waals surface area contributed by atoms with Gasteiger partial charge in [-0.2, -0.15) is 5.10 Å². The monoisotopic (exact) mass is 337 g/mol. The topological polar surface area (TPSA) is 63.1 Å². The summed E-state index contributed by atoms with van der Waals surface area (Å²) in [5.41, 5.74) is 3.82. The third kappa shape index (κ3) is 3.85. The molecular weight excluding hydrogens is 314 g/mol. The van der Waals surface area contributed by atoms with E-state index in [1.807, 2.05) is 50.2 Å². The van der Waals surface area contributed by atoms with Crippen LogP contribution in [0.15, 0.2) is 42.6 Å². The number of hydrogen-bond acceptors (Lipinski definition) is 4. The molecule has 0 unspecified atom stereocenters. The number of nitrogens with one attached hydrogen (secondary N) is 1. The first kappa shape index (κ1) is 17.1. The zero-order valence-electron chi connectivity index (χ0n) is 14.9. The van der Waals surface area contributed by atoms with E-state index < -0.39 is 0 Å². The second kappa shape index (κ2) is 7.44. The van der Waals surface area contributed by atoms with Crippen molar-refractivity contribution < 1.29 is 4.79 Å². The van der Waals surface area contributed by atoms with Gasteiger partial charge in [0.2, 0.25) is 5.91 Å². The Hall–Kier alpha value is -2.73. The van der Waals surface area contributed by atoms with Gasteiger partial charge in [0.05, 0.1) is 5.69 Å². The van der Waals surface area contributed by atoms with Gasteiger partial charge in [0.25, 0.3) is 0 Å². The molecule has 3 rings (SSSR count). The van der Waals surface area contributed by atoms with E-state index in [0.29, 0.717) is 6.54 Å². The molecule has 0 atom stereocenters. The van der Waals surface area contributed by atoms with Crippen LogP contribution in [-0.4, -0.2) is 52.8 Å². The Balaban J connectivity index is 1.88. The smallest absolute Gasteiger partial charge is 0.241 e. The number of nitrogens with zero attached hydrogens (tertiary/aromatic N) is 4. The number of carbonyl (C=O) groups excluding carboxylic acids is 1. The number of pyridine rings is 1. The molecule has 0 saturated carbocycles. The Bertz CT molecular complexity index is 870. The first-order valence-electron chi connectivity index (χ1n) is 8.35. The molecular formula is C19H23N5O. The molecule has 0 aliphatic carbocycles. The molecule has 3 aromatic rings. The molecule has 0 radical (unpaired) electrons. The maximum atomic E-state index is 12.2. The first-order chi connectivity index (χ1) is 12.1. The summed E-state index contributed by atoms with van der Waals surface area (Å²) >= 11 is 0. The predicted molar refractivity (Wildman–Crippen MR) is 99.3 cm³/mol. The molecule has 0 saturated heterocycles. The van der Waals surface area contributed by atoms with Crippen molar-refractivity contribution in [3.8, 4) is 11.1 Å². The van der Waals surface area contributed by atoms with Gasteiger partial charge in [-0.25, -0.2) is 9.67 Å². The number of carbonyl (C=O) groups is 1. The second-order valence-corrected chi connectivity index (χ2v) is 6.32. The van der Waals surface area contributed by atoms with Crippen LogP contribution in [0.5, 0.6) is 0 Å². The highest BCUT2D eigenvalue weighted by molar-refractivity contribution is 5.95. The fourth-order valence-electron chi connectivity index (χ4n) is 2.86. The quantitative estimate of drug-likeness (QED) is 0.748. The summed E-state index contributed by atoms with van der Waals surface area (Å²) in [5.74, 6) is -0.0573. The summed E-state index contributed by atoms with van der Waals surface area (Å²) in [4.78, 5) is 18.7. The van der Waals surface area contributed by atoms with E-state index in [9.17, 15) is 4.79 Å². The molecule has 25 heavy (non-hydrogen) atoms. The van der Waals surface area contributed by atoms with Crippen LogP contribution in [0.2, 0.25) is 0 Å². The lowest BCUT2D eigenvalue weighted by Gasteiger charge is -2.10. The zero-order valence-corrected chi connectivity index (χ0v) is 14.9. The number of aromatic nitrogens is 3. The highest BCUT2D eigenvalue weighted by atomic mass is 16.2. The number of hydrogen-bond donors (Lipinski definition) is 1. The Morgan fingerprint density at radius 1 is 1.20 bits per heavy atom. The fourth-order valence-corrected chi connectivity index (χ4v) is 2.86. The number of fused-ring (bicyclic) bond motifs is 1. The average molecular weight is 337 g/mol. The van der Waals surface area contributed by atoms with Crippen LogP contribution in [0, 0.1) is 6.92 Å². The van der Waals surface area contributed by atoms with Gasteiger partial charge in [-0.1, -0.05) is 30.3 Å². The molecule has 6 nitrogen and oxygen atoms in total. The van der Waals surface area contributed by atoms with Gasteiger partial charge in [-0.05, 0) is 38.2 Å². The lowest BCUT2D eigenvalue weighted by molar-refractivity contribution is -0.121. The summed E-state index contributed by atoms with van der Waals surface area (Å²) in [6.07, 6.45) is 1.77. The Labute approximate surface area is 147 Å². The van der Waals surface area contributed by atoms with Gasteiger partial charge in [-0.15, -0.1) is 0 Å². The molecule has 0 aliphatic rings. The Morgan fingerprint density at radius 3 is 2.68 bits per heavy atom. The van der Waals surface area contributed by atoms with E-state index in [1.54, 1.807) is 10.9 Å². The van der Waals surface area contributed by atoms with Gasteiger partial charge in [0.1, 0.15) is 6.54 Å². The summed E-state index contributed by atoms with van der Waals surface area (Å²) in [6.45, 7) is 3.55. The zero-order chi connectivity index (χ0) is 17.8. The van der Waals surface area contributed by atoms with Gasteiger partial charge in [0, 0.05) is 24.7 Å². The second-order valence-electron chi connectivity index (χ2n) is 6.32. The maximum Gasteiger partial charge on any atom is 0.241 e. The van der Waals surface area contributed by atoms with Crippen LogP contribution in [0.4, 0.5) is 0 Å². The van der Waals surface area contributed by atoms with Crippen molar-refractivity contribution in [3.05, 3.63) is 48.3 Å². The van der Waals surface area contributed by atoms with E-state index in [1.165, 1.54) is 0 Å². The number of amides is 1. The SMILES string of the molecule is Cc1nn(CC(=O)NCCN(C)C)c2nccc(-c3ccccc3)c12. The van der Waals surface area contributed by atoms with Crippen LogP contribution in [-0.2, 0) is 11.3 Å². The number of aryl methyl sites for hydroxylation is 1. The van der Waals surface area contributed by atoms with Crippen molar-refractivity contribution in [3.63, 3.8) is 0 Å². The standard InChI is InChI=1S/C19H23N5O/c1-14-18-16(15-7-5-4-6-8-15)9-10-21-19(18)24(22-14)13-17(25)20-11-12-23(2)3/h4-10H,11-13H2,1-3H3,(H,20,25). The maximum absolute atomic E-state index is 12.2. The van der Waals surface area contributed by atoms with Crippen LogP contribution in [0.25, 0.3) is 22.2 Å². The average Bonchev–Trinajstić information content (AvgIpc) is 2.91. The molecule has 1 amide bonds. The van der Waals surface area contributed by atoms with Crippen molar-refractivity contribution >= 4 is 16.9 Å². The van der Waals surface area contributed by atoms with Crippen molar-refractivity contribution in [2.24, 2.45) is 0 Å². The van der Waals surface area contributed by atoms with E-state index in [4.69, 9.17) is 0 Å². The molecule has 1 aromatic carbocycles. The minimum Gasteiger partial charge on any atom is -0.353 e. The summed E-state index contributed by atoms with van der Waals surface area (Å²) < 4.78 is 1.68. The van der Waals surface area contributed by atoms with Gasteiger partial charge >= 0.3 is 0 Å². The van der Waals surface area contributed by atoms with E-state index in [0.717, 1.165) is 34.4 Å². The highest BCUT2D eigenvalue weighted by Gasteiger charge is 2.15. The Morgan fingerprint density at radius 2 is 1.96 bits per heavy atom. The largest absolute Gasteiger partial charge is 0.353 e. The minimum absolute atomic E-state index is 0.0573. The molecule has 0 aliphatic heterocycles. The fraction of sp³-hybridized carbons (Fsp3) is 0.316. The van der Waals surface area contributed by atoms with E-state index >= 15 is 0 Å². The molecule has 130 valence electrons. The first-order valence-corrected chi connectivity index (χ1v) is 8.35. The lowest BCUT2D eigenvalue weighted by Crippen LogP contribution is -2.33. The summed E-state index contributed by atoms with van der Waals surface area (Å²) in [6, 6.07) is 12.2. The van der Waals surface area contributed by atoms with Crippen LogP contribution in [0.1, 0.15) is 5.69 Å². The van der Waals surface area contributed by atoms with Gasteiger partial charge in [0.15, 0.2) is 5.65 Å². The van der Waals surface area contributed by atoms with E-state index in [2.05, 4.69) is 27.5 Å². The van der Waals surface area contributed by atoms with Gasteiger partial charge in [-0.3, -0.25) is 4.79 Å². The summed E-state index contributed by atoms with van der Waals surface area (Å²) in [7, 11) is 3.96. The van der Waals surface area contributed by atoms with Gasteiger partial charge < -0.3 is 10.2 Å². The molecule has 2 heterocycles. The molecule has 0 fully saturated rings. The number of rotatable bonds is 6. The third-order valence-corrected chi connectivity index (χ3v) is 4.07. The van der Waals surface area contributed by atoms with Crippen molar-refractivity contribution in [1.29, 1.82) is 0 Å². The molecule has 2 aromatic heterocycles. The highest BCUT2D eigenvalue weighted by Crippen LogP contribution is 2.29. The molecule has 0 spiro atoms. The lowest BCUT2D eigenvalue weighted by atomic mass is 10.0. The van der Waals surface area contributed by atoms with E-state index in [-0.39, 0.29) is 12.5 Å². The normalized spacial score (nSPS) is 11.2. The molecule has 0 bridgehead atoms. The number of benzene rings is 1. The van der Waals surface area contributed by atoms with Crippen LogP contribution < -0.4 is 5.32 Å². The van der Waals surface area contributed by atoms with Crippen molar-refractivity contribution in [2.75, 3.05) is 27.2 Å². The molecule has 6 heteroatoms. The molecule has 1 N–H and O–H groups in total. The predicted octanol–water partition coefficient (Wildman–Crippen LogP) is 2.08. The minimum atomic E-state index is -0.0573. The third-order valence-electron chi connectivity index (χ3n) is 4.07. The summed E-state index contributed by atoms with van der Waals surface area (Å²) in [5, 5.41) is 8.45. The Kier molecular flexibility index (Phi) is 5.09.